The van der Waals surface area contributed by atoms with E-state index in [1.807, 2.05) is 32.0 Å². The molecule has 1 aliphatic rings. The van der Waals surface area contributed by atoms with Crippen LogP contribution in [0.4, 0.5) is 5.69 Å². The highest BCUT2D eigenvalue weighted by molar-refractivity contribution is 6.05. The zero-order valence-electron chi connectivity index (χ0n) is 16.7. The van der Waals surface area contributed by atoms with Crippen LogP contribution in [0.1, 0.15) is 43.7 Å². The monoisotopic (exact) mass is 370 g/mol. The Balaban J connectivity index is 1.70. The van der Waals surface area contributed by atoms with Gasteiger partial charge in [0.2, 0.25) is 0 Å². The first kappa shape index (κ1) is 19.6. The summed E-state index contributed by atoms with van der Waals surface area (Å²) < 4.78 is 11.2. The maximum atomic E-state index is 8.61. The molecule has 6 heteroatoms. The molecule has 3 N–H and O–H groups in total. The van der Waals surface area contributed by atoms with Gasteiger partial charge in [0.05, 0.1) is 23.6 Å². The first-order chi connectivity index (χ1) is 12.8. The third-order valence-corrected chi connectivity index (χ3v) is 5.08. The van der Waals surface area contributed by atoms with Gasteiger partial charge in [0, 0.05) is 36.4 Å². The largest absolute Gasteiger partial charge is 0.398 e. The lowest BCUT2D eigenvalue weighted by Crippen LogP contribution is -2.40. The maximum Gasteiger partial charge on any atom is 0.141 e. The second kappa shape index (κ2) is 8.23. The van der Waals surface area contributed by atoms with E-state index in [9.17, 15) is 0 Å². The number of piperidine rings is 1. The number of rotatable bonds is 6. The summed E-state index contributed by atoms with van der Waals surface area (Å²) in [6.07, 6.45) is 2.63. The van der Waals surface area contributed by atoms with Crippen LogP contribution in [-0.4, -0.2) is 47.6 Å². The van der Waals surface area contributed by atoms with Gasteiger partial charge in [-0.3, -0.25) is 4.90 Å². The number of likely N-dealkylation sites (tertiary alicyclic amines) is 1. The predicted molar refractivity (Wildman–Crippen MR) is 108 cm³/mol. The Hall–Kier alpha value is -2.18. The van der Waals surface area contributed by atoms with Crippen molar-refractivity contribution in [2.24, 2.45) is 0 Å². The highest BCUT2D eigenvalue weighted by atomic mass is 16.5. The number of anilines is 1. The molecule has 0 unspecified atom stereocenters. The van der Waals surface area contributed by atoms with Crippen LogP contribution in [0.25, 0.3) is 11.1 Å². The van der Waals surface area contributed by atoms with E-state index in [2.05, 4.69) is 23.9 Å². The van der Waals surface area contributed by atoms with Crippen molar-refractivity contribution in [3.63, 3.8) is 0 Å². The molecule has 0 bridgehead atoms. The van der Waals surface area contributed by atoms with Gasteiger partial charge in [0.15, 0.2) is 0 Å². The van der Waals surface area contributed by atoms with Crippen molar-refractivity contribution in [3.05, 3.63) is 35.2 Å². The molecule has 0 radical (unpaired) electrons. The summed E-state index contributed by atoms with van der Waals surface area (Å²) in [5, 5.41) is 12.6. The summed E-state index contributed by atoms with van der Waals surface area (Å²) in [5.74, 6) is 0.780. The number of ether oxygens (including phenoxy) is 1. The average Bonchev–Trinajstić information content (AvgIpc) is 2.95. The van der Waals surface area contributed by atoms with Gasteiger partial charge in [-0.15, -0.1) is 0 Å². The molecule has 2 heterocycles. The summed E-state index contributed by atoms with van der Waals surface area (Å²) in [6.45, 7) is 10.5. The van der Waals surface area contributed by atoms with Gasteiger partial charge < -0.3 is 20.4 Å². The van der Waals surface area contributed by atoms with E-state index < -0.39 is 0 Å². The number of hydrogen-bond acceptors (Lipinski definition) is 6. The van der Waals surface area contributed by atoms with Gasteiger partial charge in [0.1, 0.15) is 5.76 Å². The molecule has 0 amide bonds. The van der Waals surface area contributed by atoms with Crippen LogP contribution < -0.4 is 5.73 Å². The Morgan fingerprint density at radius 2 is 2.04 bits per heavy atom. The van der Waals surface area contributed by atoms with E-state index >= 15 is 0 Å². The Kier molecular flexibility index (Phi) is 5.97. The topological polar surface area (TPSA) is 88.4 Å². The molecule has 0 atom stereocenters. The summed E-state index contributed by atoms with van der Waals surface area (Å²) in [6, 6.07) is 5.82. The Labute approximate surface area is 161 Å². The van der Waals surface area contributed by atoms with Crippen LogP contribution >= 0.6 is 0 Å². The molecular weight excluding hydrogens is 340 g/mol. The van der Waals surface area contributed by atoms with Gasteiger partial charge in [-0.05, 0) is 58.2 Å². The molecule has 1 aliphatic heterocycles. The quantitative estimate of drug-likeness (QED) is 0.596. The van der Waals surface area contributed by atoms with E-state index in [0.717, 1.165) is 54.1 Å². The minimum atomic E-state index is 0.270. The zero-order valence-corrected chi connectivity index (χ0v) is 16.7. The Morgan fingerprint density at radius 3 is 2.63 bits per heavy atom. The Bertz CT molecular complexity index is 785. The van der Waals surface area contributed by atoms with Crippen LogP contribution in [0.5, 0.6) is 0 Å². The van der Waals surface area contributed by atoms with Crippen LogP contribution in [0.15, 0.2) is 22.7 Å². The average molecular weight is 370 g/mol. The molecule has 3 rings (SSSR count). The number of nitrogen functional groups attached to an aromatic ring is 1. The van der Waals surface area contributed by atoms with Gasteiger partial charge in [-0.1, -0.05) is 11.2 Å². The number of benzene rings is 1. The lowest BCUT2D eigenvalue weighted by molar-refractivity contribution is -0.0246. The van der Waals surface area contributed by atoms with Gasteiger partial charge >= 0.3 is 0 Å². The van der Waals surface area contributed by atoms with Crippen LogP contribution in [0.2, 0.25) is 0 Å². The van der Waals surface area contributed by atoms with Gasteiger partial charge in [-0.2, -0.15) is 0 Å². The van der Waals surface area contributed by atoms with Crippen molar-refractivity contribution in [1.82, 2.24) is 10.1 Å². The molecule has 1 aromatic heterocycles. The Morgan fingerprint density at radius 1 is 1.33 bits per heavy atom. The number of aromatic nitrogens is 1. The van der Waals surface area contributed by atoms with Crippen molar-refractivity contribution in [3.8, 4) is 11.1 Å². The van der Waals surface area contributed by atoms with E-state index in [4.69, 9.17) is 20.4 Å². The minimum Gasteiger partial charge on any atom is -0.398 e. The molecule has 1 aromatic carbocycles. The fraction of sp³-hybridized carbons (Fsp3) is 0.524. The first-order valence-corrected chi connectivity index (χ1v) is 9.63. The predicted octanol–water partition coefficient (Wildman–Crippen LogP) is 3.80. The highest BCUT2D eigenvalue weighted by Gasteiger charge is 2.22. The molecule has 27 heavy (non-hydrogen) atoms. The third kappa shape index (κ3) is 4.57. The molecule has 0 saturated carbocycles. The van der Waals surface area contributed by atoms with Crippen molar-refractivity contribution in [2.75, 3.05) is 25.4 Å². The van der Waals surface area contributed by atoms with Crippen molar-refractivity contribution in [2.45, 2.75) is 52.7 Å². The molecule has 146 valence electrons. The molecule has 6 nitrogen and oxygen atoms in total. The smallest absolute Gasteiger partial charge is 0.141 e. The first-order valence-electron chi connectivity index (χ1n) is 9.63. The van der Waals surface area contributed by atoms with Gasteiger partial charge in [0.25, 0.3) is 0 Å². The van der Waals surface area contributed by atoms with Crippen LogP contribution in [-0.2, 0) is 4.74 Å². The van der Waals surface area contributed by atoms with Crippen molar-refractivity contribution >= 4 is 11.4 Å². The normalized spacial score (nSPS) is 16.2. The number of nitrogens with two attached hydrogens (primary N) is 1. The van der Waals surface area contributed by atoms with E-state index in [1.54, 1.807) is 0 Å². The molecule has 0 aliphatic carbocycles. The van der Waals surface area contributed by atoms with Crippen LogP contribution in [0, 0.1) is 19.3 Å². The van der Waals surface area contributed by atoms with Crippen molar-refractivity contribution in [1.29, 1.82) is 5.41 Å². The lowest BCUT2D eigenvalue weighted by atomic mass is 9.98. The highest BCUT2D eigenvalue weighted by Crippen LogP contribution is 2.29. The van der Waals surface area contributed by atoms with E-state index in [-0.39, 0.29) is 6.10 Å². The summed E-state index contributed by atoms with van der Waals surface area (Å²) in [7, 11) is 0. The van der Waals surface area contributed by atoms with Crippen LogP contribution in [0.3, 0.4) is 0 Å². The molecule has 2 aromatic rings. The molecule has 1 saturated heterocycles. The maximum absolute atomic E-state index is 8.61. The standard InChI is InChI=1S/C21H30N4O2/c1-13(2)26-17-7-9-25(10-8-17)12-20(23)18-11-16(5-6-19(18)22)21-14(3)24-27-15(21)4/h5-6,11,13,17,23H,7-10,12,22H2,1-4H3. The summed E-state index contributed by atoms with van der Waals surface area (Å²) >= 11 is 0. The third-order valence-electron chi connectivity index (χ3n) is 5.08. The SMILES string of the molecule is Cc1noc(C)c1-c1ccc(N)c(C(=N)CN2CCC(OC(C)C)CC2)c1. The minimum absolute atomic E-state index is 0.270. The lowest BCUT2D eigenvalue weighted by Gasteiger charge is -2.33. The van der Waals surface area contributed by atoms with E-state index in [1.165, 1.54) is 0 Å². The zero-order chi connectivity index (χ0) is 19.6. The second-order valence-corrected chi connectivity index (χ2v) is 7.64. The number of hydrogen-bond donors (Lipinski definition) is 2. The van der Waals surface area contributed by atoms with Gasteiger partial charge in [-0.25, -0.2) is 0 Å². The second-order valence-electron chi connectivity index (χ2n) is 7.64. The fourth-order valence-corrected chi connectivity index (χ4v) is 3.77. The number of nitrogens with one attached hydrogen (secondary N) is 1. The van der Waals surface area contributed by atoms with E-state index in [0.29, 0.717) is 24.0 Å². The molecular formula is C21H30N4O2. The number of aryl methyl sites for hydroxylation is 2. The molecule has 1 fully saturated rings. The number of nitrogens with zero attached hydrogens (tertiary/aromatic N) is 2. The molecule has 0 spiro atoms. The summed E-state index contributed by atoms with van der Waals surface area (Å²) in [4.78, 5) is 2.31. The van der Waals surface area contributed by atoms with Crippen molar-refractivity contribution < 1.29 is 9.26 Å². The summed E-state index contributed by atoms with van der Waals surface area (Å²) in [5.41, 5.74) is 11.0. The fourth-order valence-electron chi connectivity index (χ4n) is 3.77.